The van der Waals surface area contributed by atoms with Crippen LogP contribution in [-0.4, -0.2) is 159 Å². The van der Waals surface area contributed by atoms with E-state index in [0.29, 0.717) is 228 Å². The van der Waals surface area contributed by atoms with Crippen molar-refractivity contribution < 1.29 is 143 Å². The van der Waals surface area contributed by atoms with Crippen molar-refractivity contribution in [3.05, 3.63) is 146 Å². The smallest absolute Gasteiger partial charge is 0.161 e. The van der Waals surface area contributed by atoms with E-state index in [2.05, 4.69) is 0 Å². The summed E-state index contributed by atoms with van der Waals surface area (Å²) in [5, 5.41) is 0. The highest BCUT2D eigenvalue weighted by Crippen LogP contribution is 2.31. The highest BCUT2D eigenvalue weighted by Gasteiger charge is 2.11. The first-order valence-corrected chi connectivity index (χ1v) is 30.0. The van der Waals surface area contributed by atoms with Gasteiger partial charge >= 0.3 is 0 Å². The lowest BCUT2D eigenvalue weighted by molar-refractivity contribution is -2.00. The van der Waals surface area contributed by atoms with E-state index in [0.717, 1.165) is 0 Å². The Kier molecular flexibility index (Phi) is 40.2. The second kappa shape index (κ2) is 46.9. The summed E-state index contributed by atoms with van der Waals surface area (Å²) in [6.45, 7) is 10.9. The highest BCUT2D eigenvalue weighted by atomic mass is 35.7. The normalized spacial score (nSPS) is 16.0. The minimum atomic E-state index is -4.94. The number of hydrogen-bond donors (Lipinski definition) is 2. The molecular formula is C60H80Cl2N2O26. The molecule has 0 saturated heterocycles. The van der Waals surface area contributed by atoms with E-state index in [-0.39, 0.29) is 12.3 Å². The summed E-state index contributed by atoms with van der Waals surface area (Å²) in [5.41, 5.74) is 0. The number of quaternary nitrogens is 2. The minimum Gasteiger partial charge on any atom is -0.487 e. The molecule has 9 rings (SSSR count). The fourth-order valence-corrected chi connectivity index (χ4v) is 7.27. The van der Waals surface area contributed by atoms with Crippen LogP contribution in [0.2, 0.25) is 0 Å². The molecule has 0 atom stereocenters. The first-order valence-electron chi connectivity index (χ1n) is 27.6. The van der Waals surface area contributed by atoms with Gasteiger partial charge in [0.1, 0.15) is 79.3 Å². The standard InChI is InChI=1S/3C20H24O6.2ClHO4.2H3N/c3*1-2-6-18-17(5-1)23-13-9-21-11-15-25-19-7-3-4-8-20(19)26-16-12-22-10-14-24-18;2*2-1(3,4)5;;/h3*1-8H,9-16H2;2*(H,2,3,4,5);2*1H3. The Labute approximate surface area is 526 Å². The average molecular weight is 1320 g/mol. The molecule has 90 heavy (non-hydrogen) atoms. The van der Waals surface area contributed by atoms with Crippen LogP contribution in [0.1, 0.15) is 0 Å². The van der Waals surface area contributed by atoms with E-state index >= 15 is 0 Å². The van der Waals surface area contributed by atoms with Gasteiger partial charge in [0.2, 0.25) is 0 Å². The van der Waals surface area contributed by atoms with Crippen LogP contribution in [0.3, 0.4) is 0 Å². The molecule has 0 unspecified atom stereocenters. The van der Waals surface area contributed by atoms with Crippen LogP contribution in [0.5, 0.6) is 69.0 Å². The zero-order valence-corrected chi connectivity index (χ0v) is 51.7. The topological polar surface area (TPSA) is 424 Å². The Morgan fingerprint density at radius 1 is 0.167 bits per heavy atom. The maximum atomic E-state index is 8.49. The van der Waals surface area contributed by atoms with Crippen molar-refractivity contribution in [2.45, 2.75) is 0 Å². The molecule has 30 heteroatoms. The molecule has 3 heterocycles. The maximum absolute atomic E-state index is 8.49. The first-order chi connectivity index (χ1) is 42.8. The zero-order chi connectivity index (χ0) is 62.6. The third-order valence-electron chi connectivity index (χ3n) is 10.9. The summed E-state index contributed by atoms with van der Waals surface area (Å²) in [5.74, 6) is 8.40. The molecule has 500 valence electrons. The molecule has 0 amide bonds. The van der Waals surface area contributed by atoms with Gasteiger partial charge in [0.15, 0.2) is 69.0 Å². The van der Waals surface area contributed by atoms with Gasteiger partial charge in [-0.2, -0.15) is 0 Å². The molecule has 0 bridgehead atoms. The van der Waals surface area contributed by atoms with Crippen LogP contribution in [0.15, 0.2) is 146 Å². The van der Waals surface area contributed by atoms with E-state index in [1.54, 1.807) is 0 Å². The second-order valence-corrected chi connectivity index (χ2v) is 18.8. The van der Waals surface area contributed by atoms with Gasteiger partial charge in [-0.15, -0.1) is 20.5 Å². The third-order valence-corrected chi connectivity index (χ3v) is 10.9. The first kappa shape index (κ1) is 77.1. The van der Waals surface area contributed by atoms with E-state index in [4.69, 9.17) is 123 Å². The van der Waals surface area contributed by atoms with E-state index in [1.807, 2.05) is 146 Å². The van der Waals surface area contributed by atoms with Gasteiger partial charge in [0.05, 0.1) is 79.3 Å². The largest absolute Gasteiger partial charge is 0.487 e. The number of fused-ring (bicyclic) bond motifs is 6. The van der Waals surface area contributed by atoms with Crippen LogP contribution in [0.25, 0.3) is 0 Å². The molecule has 0 spiro atoms. The highest BCUT2D eigenvalue weighted by molar-refractivity contribution is 5.43. The van der Waals surface area contributed by atoms with Gasteiger partial charge in [-0.1, -0.05) is 72.8 Å². The summed E-state index contributed by atoms with van der Waals surface area (Å²) in [6, 6.07) is 45.5. The Morgan fingerprint density at radius 2 is 0.244 bits per heavy atom. The van der Waals surface area contributed by atoms with Crippen LogP contribution in [-0.2, 0) is 28.4 Å². The number of ether oxygens (including phenoxy) is 18. The molecule has 6 aromatic rings. The number of halogens is 2. The van der Waals surface area contributed by atoms with Crippen molar-refractivity contribution in [2.75, 3.05) is 159 Å². The summed E-state index contributed by atoms with van der Waals surface area (Å²) < 4.78 is 170. The predicted molar refractivity (Wildman–Crippen MR) is 301 cm³/mol. The molecule has 8 N–H and O–H groups in total. The van der Waals surface area contributed by atoms with Crippen molar-refractivity contribution in [1.29, 1.82) is 0 Å². The number of hydrogen-bond acceptors (Lipinski definition) is 26. The van der Waals surface area contributed by atoms with Crippen molar-refractivity contribution >= 4 is 0 Å². The zero-order valence-electron chi connectivity index (χ0n) is 50.2. The Balaban J connectivity index is 0.000000324. The lowest BCUT2D eigenvalue weighted by Gasteiger charge is -2.17. The monoisotopic (exact) mass is 1310 g/mol. The molecule has 6 aromatic carbocycles. The van der Waals surface area contributed by atoms with E-state index in [1.165, 1.54) is 0 Å². The lowest BCUT2D eigenvalue weighted by Crippen LogP contribution is -2.68. The van der Waals surface area contributed by atoms with Gasteiger partial charge in [-0.3, -0.25) is 0 Å². The fourth-order valence-electron chi connectivity index (χ4n) is 7.27. The number of benzene rings is 6. The minimum absolute atomic E-state index is 0. The van der Waals surface area contributed by atoms with E-state index in [9.17, 15) is 0 Å². The van der Waals surface area contributed by atoms with E-state index < -0.39 is 20.5 Å². The van der Waals surface area contributed by atoms with Crippen LogP contribution in [0.4, 0.5) is 0 Å². The molecule has 28 nitrogen and oxygen atoms in total. The second-order valence-electron chi connectivity index (χ2n) is 17.3. The molecule has 0 radical (unpaired) electrons. The summed E-state index contributed by atoms with van der Waals surface area (Å²) >= 11 is 0. The lowest BCUT2D eigenvalue weighted by atomic mass is 10.3. The SMILES string of the molecule is [NH4+].[NH4+].[O-][Cl+3]([O-])([O-])[O-].[O-][Cl+3]([O-])([O-])[O-].c1ccc2c(c1)OCCOCCOc1ccccc1OCCOCCO2.c1ccc2c(c1)OCCOCCOc1ccccc1OCCOCCO2.c1ccc2c(c1)OCCOCCOc1ccccc1OCCOCCO2. The van der Waals surface area contributed by atoms with Crippen molar-refractivity contribution in [3.63, 3.8) is 0 Å². The fraction of sp³-hybridized carbons (Fsp3) is 0.400. The number of para-hydroxylation sites is 12. The summed E-state index contributed by atoms with van der Waals surface area (Å²) in [4.78, 5) is 0. The van der Waals surface area contributed by atoms with Crippen molar-refractivity contribution in [1.82, 2.24) is 12.3 Å². The van der Waals surface area contributed by atoms with Crippen LogP contribution in [0, 0.1) is 20.5 Å². The Bertz CT molecular complexity index is 2130. The molecule has 3 aliphatic heterocycles. The average Bonchev–Trinajstić information content (AvgIpc) is 3.68. The quantitative estimate of drug-likeness (QED) is 0.203. The Hall–Kier alpha value is -7.14. The third kappa shape index (κ3) is 36.5. The van der Waals surface area contributed by atoms with Gasteiger partial charge < -0.3 is 97.6 Å². The van der Waals surface area contributed by atoms with Crippen LogP contribution >= 0.6 is 0 Å². The van der Waals surface area contributed by atoms with Gasteiger partial charge in [-0.25, -0.2) is 37.3 Å². The van der Waals surface area contributed by atoms with Gasteiger partial charge in [0, 0.05) is 0 Å². The Morgan fingerprint density at radius 3 is 0.322 bits per heavy atom. The predicted octanol–water partition coefficient (Wildman–Crippen LogP) is 0.0868. The molecule has 0 fully saturated rings. The summed E-state index contributed by atoms with van der Waals surface area (Å²) in [6.07, 6.45) is 0. The van der Waals surface area contributed by atoms with Gasteiger partial charge in [-0.05, 0) is 72.8 Å². The number of rotatable bonds is 0. The molecule has 3 aliphatic rings. The maximum Gasteiger partial charge on any atom is 0.161 e. The van der Waals surface area contributed by atoms with Crippen molar-refractivity contribution in [2.24, 2.45) is 0 Å². The summed E-state index contributed by atoms with van der Waals surface area (Å²) in [7, 11) is -9.89. The van der Waals surface area contributed by atoms with Crippen molar-refractivity contribution in [3.8, 4) is 69.0 Å². The van der Waals surface area contributed by atoms with Crippen LogP contribution < -0.4 is 106 Å². The molecular weight excluding hydrogens is 1240 g/mol. The van der Waals surface area contributed by atoms with Gasteiger partial charge in [0.25, 0.3) is 0 Å². The molecule has 0 aromatic heterocycles. The molecule has 0 saturated carbocycles. The molecule has 0 aliphatic carbocycles.